The molecule has 0 aliphatic heterocycles. The summed E-state index contributed by atoms with van der Waals surface area (Å²) >= 11 is 0. The third kappa shape index (κ3) is 5.87. The summed E-state index contributed by atoms with van der Waals surface area (Å²) in [5.41, 5.74) is 2.90. The van der Waals surface area contributed by atoms with Crippen LogP contribution in [0.15, 0.2) is 71.9 Å². The van der Waals surface area contributed by atoms with Crippen molar-refractivity contribution in [1.29, 1.82) is 0 Å². The molecule has 0 fully saturated rings. The molecule has 8 heteroatoms. The van der Waals surface area contributed by atoms with Gasteiger partial charge in [-0.3, -0.25) is 4.79 Å². The molecule has 30 heavy (non-hydrogen) atoms. The van der Waals surface area contributed by atoms with Crippen molar-refractivity contribution < 1.29 is 13.2 Å². The molecular weight excluding hydrogens is 400 g/mol. The number of anilines is 2. The van der Waals surface area contributed by atoms with Crippen LogP contribution in [-0.4, -0.2) is 24.3 Å². The Balaban J connectivity index is 1.55. The molecule has 0 saturated carbocycles. The molecule has 1 amide bonds. The molecule has 0 atom stereocenters. The predicted octanol–water partition coefficient (Wildman–Crippen LogP) is 3.97. The van der Waals surface area contributed by atoms with E-state index in [1.54, 1.807) is 18.2 Å². The standard InChI is InChI=1S/C22H24N4O3S/c1-16(2)18-7-4-17(5-8-18)6-13-21(27)25-19-9-11-20(12-10-19)30(28,29)26-22-23-14-3-15-24-22/h3-5,7-12,14-16H,6,13H2,1-2H3,(H,25,27)(H,23,24,26). The number of aryl methyl sites for hydroxylation is 1. The van der Waals surface area contributed by atoms with Crippen LogP contribution in [0, 0.1) is 0 Å². The lowest BCUT2D eigenvalue weighted by molar-refractivity contribution is -0.116. The van der Waals surface area contributed by atoms with Crippen LogP contribution < -0.4 is 10.0 Å². The zero-order valence-electron chi connectivity index (χ0n) is 16.9. The summed E-state index contributed by atoms with van der Waals surface area (Å²) in [7, 11) is -3.80. The van der Waals surface area contributed by atoms with E-state index < -0.39 is 10.0 Å². The van der Waals surface area contributed by atoms with Crippen molar-refractivity contribution in [2.75, 3.05) is 10.0 Å². The number of carbonyl (C=O) groups is 1. The van der Waals surface area contributed by atoms with Crippen molar-refractivity contribution in [2.45, 2.75) is 37.5 Å². The number of hydrogen-bond acceptors (Lipinski definition) is 5. The van der Waals surface area contributed by atoms with Gasteiger partial charge in [0.05, 0.1) is 4.90 Å². The van der Waals surface area contributed by atoms with E-state index in [9.17, 15) is 13.2 Å². The Morgan fingerprint density at radius 1 is 0.967 bits per heavy atom. The van der Waals surface area contributed by atoms with E-state index in [-0.39, 0.29) is 16.8 Å². The topological polar surface area (TPSA) is 101 Å². The Morgan fingerprint density at radius 2 is 1.60 bits per heavy atom. The molecule has 0 aliphatic rings. The molecule has 3 aromatic rings. The van der Waals surface area contributed by atoms with Gasteiger partial charge >= 0.3 is 0 Å². The van der Waals surface area contributed by atoms with Crippen molar-refractivity contribution in [3.63, 3.8) is 0 Å². The van der Waals surface area contributed by atoms with Gasteiger partial charge in [0, 0.05) is 24.5 Å². The van der Waals surface area contributed by atoms with Crippen LogP contribution in [0.3, 0.4) is 0 Å². The van der Waals surface area contributed by atoms with Crippen LogP contribution in [-0.2, 0) is 21.2 Å². The molecule has 2 N–H and O–H groups in total. The number of sulfonamides is 1. The van der Waals surface area contributed by atoms with E-state index in [1.807, 2.05) is 12.1 Å². The molecule has 1 heterocycles. The first-order chi connectivity index (χ1) is 14.3. The normalized spacial score (nSPS) is 11.3. The number of carbonyl (C=O) groups excluding carboxylic acids is 1. The lowest BCUT2D eigenvalue weighted by Crippen LogP contribution is -2.15. The highest BCUT2D eigenvalue weighted by Gasteiger charge is 2.15. The zero-order chi connectivity index (χ0) is 21.6. The molecule has 156 valence electrons. The molecule has 0 aliphatic carbocycles. The second-order valence-corrected chi connectivity index (χ2v) is 8.83. The minimum absolute atomic E-state index is 0.00342. The van der Waals surface area contributed by atoms with Gasteiger partial charge in [0.15, 0.2) is 0 Å². The number of aromatic nitrogens is 2. The van der Waals surface area contributed by atoms with E-state index in [1.165, 1.54) is 30.1 Å². The van der Waals surface area contributed by atoms with Gasteiger partial charge in [-0.1, -0.05) is 38.1 Å². The maximum atomic E-state index is 12.4. The fourth-order valence-electron chi connectivity index (χ4n) is 2.80. The first-order valence-electron chi connectivity index (χ1n) is 9.62. The largest absolute Gasteiger partial charge is 0.326 e. The van der Waals surface area contributed by atoms with Gasteiger partial charge in [-0.25, -0.2) is 23.1 Å². The zero-order valence-corrected chi connectivity index (χ0v) is 17.7. The molecule has 3 rings (SSSR count). The highest BCUT2D eigenvalue weighted by atomic mass is 32.2. The van der Waals surface area contributed by atoms with Crippen molar-refractivity contribution in [2.24, 2.45) is 0 Å². The van der Waals surface area contributed by atoms with Crippen LogP contribution in [0.2, 0.25) is 0 Å². The van der Waals surface area contributed by atoms with Crippen molar-refractivity contribution in [3.05, 3.63) is 78.1 Å². The average Bonchev–Trinajstić information content (AvgIpc) is 2.73. The minimum atomic E-state index is -3.80. The molecule has 2 aromatic carbocycles. The van der Waals surface area contributed by atoms with Gasteiger partial charge in [-0.05, 0) is 53.8 Å². The third-order valence-corrected chi connectivity index (χ3v) is 5.87. The van der Waals surface area contributed by atoms with Crippen LogP contribution >= 0.6 is 0 Å². The summed E-state index contributed by atoms with van der Waals surface area (Å²) < 4.78 is 27.1. The summed E-state index contributed by atoms with van der Waals surface area (Å²) in [4.78, 5) is 20.0. The summed E-state index contributed by atoms with van der Waals surface area (Å²) in [6, 6.07) is 15.8. The molecule has 7 nitrogen and oxygen atoms in total. The number of rotatable bonds is 8. The number of hydrogen-bond donors (Lipinski definition) is 2. The first kappa shape index (κ1) is 21.4. The maximum Gasteiger partial charge on any atom is 0.264 e. The first-order valence-corrected chi connectivity index (χ1v) is 11.1. The SMILES string of the molecule is CC(C)c1ccc(CCC(=O)Nc2ccc(S(=O)(=O)Nc3ncccn3)cc2)cc1. The van der Waals surface area contributed by atoms with E-state index in [0.717, 1.165) is 5.56 Å². The Bertz CT molecular complexity index is 1080. The van der Waals surface area contributed by atoms with Crippen LogP contribution in [0.1, 0.15) is 37.3 Å². The molecule has 0 spiro atoms. The van der Waals surface area contributed by atoms with Crippen LogP contribution in [0.25, 0.3) is 0 Å². The van der Waals surface area contributed by atoms with Crippen molar-refractivity contribution in [1.82, 2.24) is 9.97 Å². The Kier molecular flexibility index (Phi) is 6.79. The number of amides is 1. The second-order valence-electron chi connectivity index (χ2n) is 7.15. The van der Waals surface area contributed by atoms with Crippen LogP contribution in [0.4, 0.5) is 11.6 Å². The quantitative estimate of drug-likeness (QED) is 0.570. The molecule has 0 radical (unpaired) electrons. The second kappa shape index (κ2) is 9.49. The van der Waals surface area contributed by atoms with Gasteiger partial charge in [-0.15, -0.1) is 0 Å². The van der Waals surface area contributed by atoms with E-state index >= 15 is 0 Å². The molecule has 0 bridgehead atoms. The number of nitrogens with zero attached hydrogens (tertiary/aromatic N) is 2. The fraction of sp³-hybridized carbons (Fsp3) is 0.227. The minimum Gasteiger partial charge on any atom is -0.326 e. The Morgan fingerprint density at radius 3 is 2.20 bits per heavy atom. The Hall–Kier alpha value is -3.26. The number of benzene rings is 2. The summed E-state index contributed by atoms with van der Waals surface area (Å²) in [5.74, 6) is 0.343. The van der Waals surface area contributed by atoms with Gasteiger partial charge in [0.1, 0.15) is 0 Å². The molecule has 1 aromatic heterocycles. The third-order valence-electron chi connectivity index (χ3n) is 4.53. The lowest BCUT2D eigenvalue weighted by Gasteiger charge is -2.09. The van der Waals surface area contributed by atoms with E-state index in [2.05, 4.69) is 46.0 Å². The Labute approximate surface area is 176 Å². The van der Waals surface area contributed by atoms with Crippen LogP contribution in [0.5, 0.6) is 0 Å². The highest BCUT2D eigenvalue weighted by molar-refractivity contribution is 7.92. The van der Waals surface area contributed by atoms with Gasteiger partial charge in [-0.2, -0.15) is 0 Å². The number of nitrogens with one attached hydrogen (secondary N) is 2. The van der Waals surface area contributed by atoms with Gasteiger partial charge in [0.25, 0.3) is 10.0 Å². The fourth-order valence-corrected chi connectivity index (χ4v) is 3.76. The summed E-state index contributed by atoms with van der Waals surface area (Å²) in [5, 5.41) is 2.79. The predicted molar refractivity (Wildman–Crippen MR) is 117 cm³/mol. The van der Waals surface area contributed by atoms with E-state index in [4.69, 9.17) is 0 Å². The van der Waals surface area contributed by atoms with Crippen molar-refractivity contribution >= 4 is 27.6 Å². The lowest BCUT2D eigenvalue weighted by atomic mass is 10.0. The smallest absolute Gasteiger partial charge is 0.264 e. The van der Waals surface area contributed by atoms with Gasteiger partial charge < -0.3 is 5.32 Å². The van der Waals surface area contributed by atoms with E-state index in [0.29, 0.717) is 24.4 Å². The molecule has 0 saturated heterocycles. The van der Waals surface area contributed by atoms with Crippen molar-refractivity contribution in [3.8, 4) is 0 Å². The highest BCUT2D eigenvalue weighted by Crippen LogP contribution is 2.18. The molecular formula is C22H24N4O3S. The monoisotopic (exact) mass is 424 g/mol. The molecule has 0 unspecified atom stereocenters. The summed E-state index contributed by atoms with van der Waals surface area (Å²) in [6.07, 6.45) is 3.87. The van der Waals surface area contributed by atoms with Gasteiger partial charge in [0.2, 0.25) is 11.9 Å². The summed E-state index contributed by atoms with van der Waals surface area (Å²) in [6.45, 7) is 4.29. The maximum absolute atomic E-state index is 12.4. The average molecular weight is 425 g/mol.